The fourth-order valence-electron chi connectivity index (χ4n) is 2.90. The van der Waals surface area contributed by atoms with Crippen LogP contribution in [0.2, 0.25) is 0 Å². The van der Waals surface area contributed by atoms with Gasteiger partial charge in [-0.15, -0.1) is 0 Å². The molecule has 20 heavy (non-hydrogen) atoms. The van der Waals surface area contributed by atoms with Gasteiger partial charge in [0.1, 0.15) is 0 Å². The third-order valence-corrected chi connectivity index (χ3v) is 5.29. The number of hydrogen-bond donors (Lipinski definition) is 1. The van der Waals surface area contributed by atoms with Crippen LogP contribution in [-0.4, -0.2) is 20.1 Å². The second-order valence-corrected chi connectivity index (χ2v) is 7.87. The van der Waals surface area contributed by atoms with Crippen molar-refractivity contribution in [1.29, 1.82) is 0 Å². The van der Waals surface area contributed by atoms with E-state index in [9.17, 15) is 0 Å². The van der Waals surface area contributed by atoms with E-state index in [1.165, 1.54) is 35.2 Å². The Kier molecular flexibility index (Phi) is 4.80. The maximum atomic E-state index is 3.76. The molecule has 0 aliphatic carbocycles. The number of nitrogens with one attached hydrogen (secondary N) is 1. The molecule has 2 rings (SSSR count). The maximum Gasteiger partial charge on any atom is 0.0510 e. The number of nitrogens with zero attached hydrogens (tertiary/aromatic N) is 1. The number of rotatable bonds is 3. The van der Waals surface area contributed by atoms with Crippen LogP contribution in [0.4, 0.5) is 5.69 Å². The molecule has 3 heteroatoms. The van der Waals surface area contributed by atoms with Crippen molar-refractivity contribution in [2.75, 3.05) is 25.0 Å². The number of hydrogen-bond acceptors (Lipinski definition) is 2. The molecule has 1 heterocycles. The molecular formula is C17H27BrN2. The minimum atomic E-state index is 0.390. The Bertz CT molecular complexity index is 465. The van der Waals surface area contributed by atoms with Crippen molar-refractivity contribution in [3.8, 4) is 0 Å². The number of benzene rings is 1. The molecule has 0 aromatic heterocycles. The third-order valence-electron chi connectivity index (χ3n) is 4.66. The van der Waals surface area contributed by atoms with E-state index in [0.29, 0.717) is 11.5 Å². The van der Waals surface area contributed by atoms with Gasteiger partial charge in [-0.1, -0.05) is 26.8 Å². The van der Waals surface area contributed by atoms with Crippen LogP contribution in [0, 0.1) is 11.3 Å². The topological polar surface area (TPSA) is 15.3 Å². The van der Waals surface area contributed by atoms with E-state index in [-0.39, 0.29) is 0 Å². The quantitative estimate of drug-likeness (QED) is 0.866. The first-order valence-electron chi connectivity index (χ1n) is 7.54. The molecule has 2 nitrogen and oxygen atoms in total. The molecular weight excluding hydrogens is 312 g/mol. The summed E-state index contributed by atoms with van der Waals surface area (Å²) in [5.41, 5.74) is 3.07. The van der Waals surface area contributed by atoms with Gasteiger partial charge in [0.2, 0.25) is 0 Å². The average Bonchev–Trinajstić information content (AvgIpc) is 2.87. The summed E-state index contributed by atoms with van der Waals surface area (Å²) in [5, 5.41) is 3.29. The second-order valence-electron chi connectivity index (χ2n) is 7.02. The first kappa shape index (κ1) is 15.8. The van der Waals surface area contributed by atoms with E-state index in [0.717, 1.165) is 5.92 Å². The van der Waals surface area contributed by atoms with Crippen molar-refractivity contribution in [2.24, 2.45) is 11.3 Å². The Morgan fingerprint density at radius 3 is 2.55 bits per heavy atom. The highest BCUT2D eigenvalue weighted by Gasteiger charge is 2.32. The van der Waals surface area contributed by atoms with Gasteiger partial charge in [0.25, 0.3) is 0 Å². The van der Waals surface area contributed by atoms with E-state index in [2.05, 4.69) is 72.0 Å². The van der Waals surface area contributed by atoms with Crippen molar-refractivity contribution in [3.63, 3.8) is 0 Å². The molecule has 0 amide bonds. The minimum Gasteiger partial charge on any atom is -0.370 e. The van der Waals surface area contributed by atoms with Crippen molar-refractivity contribution < 1.29 is 0 Å². The van der Waals surface area contributed by atoms with Crippen LogP contribution in [0.25, 0.3) is 0 Å². The molecule has 1 fully saturated rings. The molecule has 0 spiro atoms. The van der Waals surface area contributed by atoms with E-state index in [4.69, 9.17) is 0 Å². The van der Waals surface area contributed by atoms with Crippen molar-refractivity contribution in [3.05, 3.63) is 28.2 Å². The minimum absolute atomic E-state index is 0.390. The normalized spacial score (nSPS) is 21.3. The lowest BCUT2D eigenvalue weighted by Gasteiger charge is -2.28. The predicted molar refractivity (Wildman–Crippen MR) is 91.4 cm³/mol. The summed E-state index contributed by atoms with van der Waals surface area (Å²) in [4.78, 5) is 2.52. The Hall–Kier alpha value is -0.540. The lowest BCUT2D eigenvalue weighted by molar-refractivity contribution is 0.263. The summed E-state index contributed by atoms with van der Waals surface area (Å²) in [6, 6.07) is 7.14. The van der Waals surface area contributed by atoms with Gasteiger partial charge in [0.05, 0.1) is 5.69 Å². The van der Waals surface area contributed by atoms with E-state index < -0.39 is 0 Å². The highest BCUT2D eigenvalue weighted by atomic mass is 79.9. The second kappa shape index (κ2) is 6.07. The van der Waals surface area contributed by atoms with E-state index >= 15 is 0 Å². The smallest absolute Gasteiger partial charge is 0.0510 e. The maximum absolute atomic E-state index is 3.76. The van der Waals surface area contributed by atoms with Crippen LogP contribution in [0.3, 0.4) is 0 Å². The summed E-state index contributed by atoms with van der Waals surface area (Å²) >= 11 is 3.76. The van der Waals surface area contributed by atoms with Crippen LogP contribution in [-0.2, 0) is 0 Å². The van der Waals surface area contributed by atoms with Gasteiger partial charge in [0, 0.05) is 23.6 Å². The first-order chi connectivity index (χ1) is 9.32. The zero-order valence-electron chi connectivity index (χ0n) is 13.3. The molecule has 0 saturated carbocycles. The van der Waals surface area contributed by atoms with Gasteiger partial charge in [-0.25, -0.2) is 0 Å². The highest BCUT2D eigenvalue weighted by Crippen LogP contribution is 2.38. The monoisotopic (exact) mass is 338 g/mol. The zero-order valence-corrected chi connectivity index (χ0v) is 14.9. The Morgan fingerprint density at radius 1 is 1.35 bits per heavy atom. The SMILES string of the molecule is CNC(C)c1ccc(N2CCC(C(C)(C)C)C2)c(Br)c1. The van der Waals surface area contributed by atoms with Gasteiger partial charge in [0.15, 0.2) is 0 Å². The zero-order chi connectivity index (χ0) is 14.9. The van der Waals surface area contributed by atoms with Crippen molar-refractivity contribution in [2.45, 2.75) is 40.2 Å². The molecule has 1 aromatic carbocycles. The molecule has 1 aromatic rings. The van der Waals surface area contributed by atoms with Gasteiger partial charge < -0.3 is 10.2 Å². The first-order valence-corrected chi connectivity index (χ1v) is 8.34. The molecule has 1 aliphatic heterocycles. The van der Waals surface area contributed by atoms with Gasteiger partial charge in [-0.2, -0.15) is 0 Å². The molecule has 1 aliphatic rings. The number of halogens is 1. The van der Waals surface area contributed by atoms with Gasteiger partial charge in [-0.3, -0.25) is 0 Å². The Balaban J connectivity index is 2.15. The molecule has 0 bridgehead atoms. The summed E-state index contributed by atoms with van der Waals surface area (Å²) < 4.78 is 1.21. The molecule has 2 atom stereocenters. The van der Waals surface area contributed by atoms with E-state index in [1.807, 2.05) is 7.05 Å². The van der Waals surface area contributed by atoms with Crippen LogP contribution in [0.5, 0.6) is 0 Å². The third kappa shape index (κ3) is 3.37. The average molecular weight is 339 g/mol. The largest absolute Gasteiger partial charge is 0.370 e. The van der Waals surface area contributed by atoms with Gasteiger partial charge >= 0.3 is 0 Å². The summed E-state index contributed by atoms with van der Waals surface area (Å²) in [6.07, 6.45) is 1.30. The van der Waals surface area contributed by atoms with Gasteiger partial charge in [-0.05, 0) is 65.4 Å². The lowest BCUT2D eigenvalue weighted by Crippen LogP contribution is -2.26. The summed E-state index contributed by atoms with van der Waals surface area (Å²) in [7, 11) is 2.00. The molecule has 112 valence electrons. The molecule has 2 unspecified atom stereocenters. The molecule has 0 radical (unpaired) electrons. The molecule has 1 N–H and O–H groups in total. The van der Waals surface area contributed by atoms with Crippen molar-refractivity contribution in [1.82, 2.24) is 5.32 Å². The van der Waals surface area contributed by atoms with Crippen molar-refractivity contribution >= 4 is 21.6 Å². The summed E-state index contributed by atoms with van der Waals surface area (Å²) in [6.45, 7) is 11.6. The van der Waals surface area contributed by atoms with Crippen LogP contribution < -0.4 is 10.2 Å². The lowest BCUT2D eigenvalue weighted by atomic mass is 9.80. The number of anilines is 1. The highest BCUT2D eigenvalue weighted by molar-refractivity contribution is 9.10. The van der Waals surface area contributed by atoms with Crippen LogP contribution >= 0.6 is 15.9 Å². The van der Waals surface area contributed by atoms with Crippen LogP contribution in [0.15, 0.2) is 22.7 Å². The van der Waals surface area contributed by atoms with Crippen LogP contribution in [0.1, 0.15) is 45.7 Å². The standard InChI is InChI=1S/C17H27BrN2/c1-12(19-5)13-6-7-16(15(18)10-13)20-9-8-14(11-20)17(2,3)4/h6-7,10,12,14,19H,8-9,11H2,1-5H3. The Morgan fingerprint density at radius 2 is 2.05 bits per heavy atom. The summed E-state index contributed by atoms with van der Waals surface area (Å²) in [5.74, 6) is 0.783. The Labute approximate surface area is 132 Å². The fourth-order valence-corrected chi connectivity index (χ4v) is 3.55. The van der Waals surface area contributed by atoms with E-state index in [1.54, 1.807) is 0 Å². The fraction of sp³-hybridized carbons (Fsp3) is 0.647. The predicted octanol–water partition coefficient (Wildman–Crippen LogP) is 4.60. The molecule has 1 saturated heterocycles.